The monoisotopic (exact) mass is 160 g/mol. The Morgan fingerprint density at radius 3 is 2.70 bits per heavy atom. The molecule has 53 valence electrons. The van der Waals surface area contributed by atoms with Crippen LogP contribution in [-0.4, -0.2) is 14.5 Å². The number of imidazole rings is 1. The van der Waals surface area contributed by atoms with E-state index >= 15 is 0 Å². The van der Waals surface area contributed by atoms with Crippen molar-refractivity contribution in [3.8, 4) is 0 Å². The third kappa shape index (κ3) is 1.08. The minimum atomic E-state index is -0.647. The van der Waals surface area contributed by atoms with Gasteiger partial charge in [0.15, 0.2) is 6.20 Å². The maximum Gasteiger partial charge on any atom is 0.393 e. The normalized spacial score (nSPS) is 9.80. The van der Waals surface area contributed by atoms with Crippen molar-refractivity contribution in [3.63, 3.8) is 0 Å². The van der Waals surface area contributed by atoms with Gasteiger partial charge in [-0.3, -0.25) is 4.57 Å². The van der Waals surface area contributed by atoms with Crippen molar-refractivity contribution in [2.45, 2.75) is 0 Å². The average molecular weight is 161 g/mol. The van der Waals surface area contributed by atoms with Crippen LogP contribution in [0.2, 0.25) is 5.28 Å². The standard InChI is InChI=1S/C4H3ClN3O2/c1-7-2-3(8(9)10)6-4(7)5/h1H3. The van der Waals surface area contributed by atoms with Gasteiger partial charge in [0.25, 0.3) is 0 Å². The fourth-order valence-electron chi connectivity index (χ4n) is 0.465. The third-order valence-corrected chi connectivity index (χ3v) is 1.25. The minimum absolute atomic E-state index is 0.0618. The van der Waals surface area contributed by atoms with Gasteiger partial charge in [-0.15, -0.1) is 0 Å². The molecule has 0 atom stereocenters. The molecular formula is C4H3ClN3O2. The van der Waals surface area contributed by atoms with E-state index in [4.69, 9.17) is 11.6 Å². The highest BCUT2D eigenvalue weighted by Gasteiger charge is 2.14. The predicted molar refractivity (Wildman–Crippen MR) is 33.7 cm³/mol. The zero-order chi connectivity index (χ0) is 7.72. The Morgan fingerprint density at radius 1 is 1.90 bits per heavy atom. The first-order chi connectivity index (χ1) is 4.61. The second kappa shape index (κ2) is 2.26. The zero-order valence-corrected chi connectivity index (χ0v) is 5.79. The molecule has 0 spiro atoms. The summed E-state index contributed by atoms with van der Waals surface area (Å²) in [7, 11) is 1.53. The lowest BCUT2D eigenvalue weighted by Gasteiger charge is -1.81. The van der Waals surface area contributed by atoms with Crippen LogP contribution >= 0.6 is 11.6 Å². The van der Waals surface area contributed by atoms with Crippen LogP contribution in [0.4, 0.5) is 5.82 Å². The summed E-state index contributed by atoms with van der Waals surface area (Å²) in [6.45, 7) is 0. The highest BCUT2D eigenvalue weighted by Crippen LogP contribution is 2.11. The molecule has 0 aliphatic carbocycles. The van der Waals surface area contributed by atoms with Crippen LogP contribution in [0.5, 0.6) is 0 Å². The Bertz CT molecular complexity index is 250. The van der Waals surface area contributed by atoms with E-state index in [1.54, 1.807) is 0 Å². The molecule has 0 aliphatic heterocycles. The van der Waals surface area contributed by atoms with E-state index in [1.165, 1.54) is 11.6 Å². The molecule has 1 rings (SSSR count). The molecule has 0 N–H and O–H groups in total. The maximum absolute atomic E-state index is 10.0. The van der Waals surface area contributed by atoms with Gasteiger partial charge in [-0.25, -0.2) is 0 Å². The lowest BCUT2D eigenvalue weighted by molar-refractivity contribution is -0.389. The molecule has 0 amide bonds. The highest BCUT2D eigenvalue weighted by atomic mass is 35.5. The highest BCUT2D eigenvalue weighted by molar-refractivity contribution is 6.28. The molecule has 0 aliphatic rings. The third-order valence-electron chi connectivity index (χ3n) is 0.916. The number of hydrogen-bond donors (Lipinski definition) is 0. The van der Waals surface area contributed by atoms with Crippen LogP contribution < -0.4 is 0 Å². The molecule has 0 saturated heterocycles. The first-order valence-corrected chi connectivity index (χ1v) is 2.75. The SMILES string of the molecule is Cn1[c]c([N+](=O)[O-])nc1Cl. The molecule has 1 aromatic heterocycles. The Morgan fingerprint density at radius 2 is 2.50 bits per heavy atom. The minimum Gasteiger partial charge on any atom is -0.358 e. The van der Waals surface area contributed by atoms with E-state index < -0.39 is 4.92 Å². The van der Waals surface area contributed by atoms with E-state index in [0.29, 0.717) is 0 Å². The van der Waals surface area contributed by atoms with E-state index in [-0.39, 0.29) is 11.1 Å². The van der Waals surface area contributed by atoms with Crippen molar-refractivity contribution in [1.82, 2.24) is 9.55 Å². The Hall–Kier alpha value is -1.10. The lowest BCUT2D eigenvalue weighted by atomic mass is 10.8. The lowest BCUT2D eigenvalue weighted by Crippen LogP contribution is -1.86. The zero-order valence-electron chi connectivity index (χ0n) is 5.04. The summed E-state index contributed by atoms with van der Waals surface area (Å²) in [5.41, 5.74) is 0. The number of nitro groups is 1. The molecule has 0 saturated carbocycles. The Balaban J connectivity index is 3.10. The molecule has 1 aromatic rings. The topological polar surface area (TPSA) is 61.0 Å². The second-order valence-electron chi connectivity index (χ2n) is 1.63. The fraction of sp³-hybridized carbons (Fsp3) is 0.250. The van der Waals surface area contributed by atoms with Crippen LogP contribution in [0.1, 0.15) is 0 Å². The van der Waals surface area contributed by atoms with Crippen molar-refractivity contribution < 1.29 is 4.92 Å². The molecule has 1 heterocycles. The quantitative estimate of drug-likeness (QED) is 0.451. The van der Waals surface area contributed by atoms with Gasteiger partial charge in [-0.05, 0) is 21.5 Å². The van der Waals surface area contributed by atoms with Crippen molar-refractivity contribution in [3.05, 3.63) is 21.6 Å². The van der Waals surface area contributed by atoms with Crippen molar-refractivity contribution in [1.29, 1.82) is 0 Å². The van der Waals surface area contributed by atoms with Crippen LogP contribution in [0, 0.1) is 16.3 Å². The molecule has 0 fully saturated rings. The molecule has 6 heteroatoms. The van der Waals surface area contributed by atoms with Gasteiger partial charge in [0.1, 0.15) is 0 Å². The summed E-state index contributed by atoms with van der Waals surface area (Å²) in [6, 6.07) is 0. The number of aryl methyl sites for hydroxylation is 1. The van der Waals surface area contributed by atoms with E-state index in [9.17, 15) is 10.1 Å². The van der Waals surface area contributed by atoms with Crippen molar-refractivity contribution in [2.75, 3.05) is 0 Å². The molecule has 5 nitrogen and oxygen atoms in total. The number of aromatic nitrogens is 2. The van der Waals surface area contributed by atoms with Gasteiger partial charge in [0, 0.05) is 7.05 Å². The van der Waals surface area contributed by atoms with Gasteiger partial charge in [0.2, 0.25) is 0 Å². The Labute approximate surface area is 61.4 Å². The summed E-state index contributed by atoms with van der Waals surface area (Å²) in [6.07, 6.45) is 2.32. The number of nitrogens with zero attached hydrogens (tertiary/aromatic N) is 3. The molecular weight excluding hydrogens is 158 g/mol. The molecule has 0 bridgehead atoms. The fourth-order valence-corrected chi connectivity index (χ4v) is 0.587. The molecule has 0 aromatic carbocycles. The summed E-state index contributed by atoms with van der Waals surface area (Å²) in [5.74, 6) is -0.354. The first-order valence-electron chi connectivity index (χ1n) is 2.37. The van der Waals surface area contributed by atoms with E-state index in [2.05, 4.69) is 11.2 Å². The molecule has 1 radical (unpaired) electrons. The van der Waals surface area contributed by atoms with Gasteiger partial charge in [-0.1, -0.05) is 0 Å². The second-order valence-corrected chi connectivity index (χ2v) is 1.97. The molecule has 0 unspecified atom stereocenters. The van der Waals surface area contributed by atoms with Crippen LogP contribution in [0.15, 0.2) is 0 Å². The largest absolute Gasteiger partial charge is 0.393 e. The Kier molecular flexibility index (Phi) is 1.58. The van der Waals surface area contributed by atoms with Gasteiger partial charge in [0.05, 0.1) is 0 Å². The summed E-state index contributed by atoms with van der Waals surface area (Å²) in [4.78, 5) is 12.7. The van der Waals surface area contributed by atoms with E-state index in [1.807, 2.05) is 0 Å². The summed E-state index contributed by atoms with van der Waals surface area (Å²) < 4.78 is 1.25. The smallest absolute Gasteiger partial charge is 0.358 e. The van der Waals surface area contributed by atoms with E-state index in [0.717, 1.165) is 0 Å². The average Bonchev–Trinajstić information content (AvgIpc) is 2.13. The van der Waals surface area contributed by atoms with Crippen molar-refractivity contribution >= 4 is 17.4 Å². The number of hydrogen-bond acceptors (Lipinski definition) is 3. The van der Waals surface area contributed by atoms with Crippen LogP contribution in [-0.2, 0) is 7.05 Å². The van der Waals surface area contributed by atoms with Crippen LogP contribution in [0.3, 0.4) is 0 Å². The number of rotatable bonds is 1. The summed E-state index contributed by atoms with van der Waals surface area (Å²) in [5, 5.41) is 10.1. The van der Waals surface area contributed by atoms with Gasteiger partial charge >= 0.3 is 11.1 Å². The molecule has 10 heavy (non-hydrogen) atoms. The van der Waals surface area contributed by atoms with Gasteiger partial charge < -0.3 is 10.1 Å². The van der Waals surface area contributed by atoms with Crippen LogP contribution in [0.25, 0.3) is 0 Å². The van der Waals surface area contributed by atoms with Gasteiger partial charge in [-0.2, -0.15) is 0 Å². The predicted octanol–water partition coefficient (Wildman–Crippen LogP) is 0.782. The first kappa shape index (κ1) is 7.01. The summed E-state index contributed by atoms with van der Waals surface area (Å²) >= 11 is 5.39. The van der Waals surface area contributed by atoms with Crippen molar-refractivity contribution in [2.24, 2.45) is 7.05 Å². The number of halogens is 1. The maximum atomic E-state index is 10.0.